The highest BCUT2D eigenvalue weighted by Crippen LogP contribution is 2.44. The zero-order chi connectivity index (χ0) is 22.3. The summed E-state index contributed by atoms with van der Waals surface area (Å²) in [6.45, 7) is 0. The van der Waals surface area contributed by atoms with Crippen LogP contribution < -0.4 is 15.4 Å². The highest BCUT2D eigenvalue weighted by atomic mass is 35.5. The van der Waals surface area contributed by atoms with E-state index in [0.717, 1.165) is 6.07 Å². The minimum atomic E-state index is -5.31. The van der Waals surface area contributed by atoms with Crippen molar-refractivity contribution < 1.29 is 37.7 Å². The molecule has 2 aromatic rings. The topological polar surface area (TPSA) is 108 Å². The summed E-state index contributed by atoms with van der Waals surface area (Å²) in [5.41, 5.74) is -2.86. The third kappa shape index (κ3) is 3.88. The van der Waals surface area contributed by atoms with E-state index in [1.54, 1.807) is 0 Å². The van der Waals surface area contributed by atoms with Crippen LogP contribution in [0.1, 0.15) is 17.2 Å². The Morgan fingerprint density at radius 3 is 2.40 bits per heavy atom. The smallest absolute Gasteiger partial charge is 0.450 e. The molecule has 0 spiro atoms. The maximum atomic E-state index is 13.5. The number of phenols is 1. The second-order valence-electron chi connectivity index (χ2n) is 6.62. The van der Waals surface area contributed by atoms with E-state index < -0.39 is 35.7 Å². The lowest BCUT2D eigenvalue weighted by Gasteiger charge is -2.45. The first-order valence-electron chi connectivity index (χ1n) is 8.52. The summed E-state index contributed by atoms with van der Waals surface area (Å²) in [6.07, 6.45) is -5.31. The molecule has 11 heteroatoms. The van der Waals surface area contributed by atoms with Crippen LogP contribution in [0.25, 0.3) is 0 Å². The highest BCUT2D eigenvalue weighted by Gasteiger charge is 2.59. The maximum Gasteiger partial charge on any atom is 0.450 e. The SMILES string of the molecule is COc1cc(C2NC(=O)NC(O)(c3ccc(Cl)cc3)C2C(=O)C(F)(F)F)ccc1O. The number of alkyl halides is 3. The van der Waals surface area contributed by atoms with Crippen molar-refractivity contribution >= 4 is 23.4 Å². The average molecular weight is 445 g/mol. The van der Waals surface area contributed by atoms with Crippen LogP contribution in [0.5, 0.6) is 11.5 Å². The van der Waals surface area contributed by atoms with E-state index in [2.05, 4.69) is 5.32 Å². The van der Waals surface area contributed by atoms with Crippen molar-refractivity contribution in [1.82, 2.24) is 10.6 Å². The lowest BCUT2D eigenvalue weighted by molar-refractivity contribution is -0.190. The largest absolute Gasteiger partial charge is 0.504 e. The van der Waals surface area contributed by atoms with Gasteiger partial charge in [0.05, 0.1) is 13.2 Å². The van der Waals surface area contributed by atoms with Gasteiger partial charge >= 0.3 is 12.2 Å². The molecule has 7 nitrogen and oxygen atoms in total. The van der Waals surface area contributed by atoms with Gasteiger partial charge in [0.25, 0.3) is 0 Å². The molecule has 0 bridgehead atoms. The van der Waals surface area contributed by atoms with Crippen molar-refractivity contribution in [1.29, 1.82) is 0 Å². The van der Waals surface area contributed by atoms with E-state index >= 15 is 0 Å². The molecule has 1 heterocycles. The molecule has 2 aromatic carbocycles. The van der Waals surface area contributed by atoms with E-state index in [0.29, 0.717) is 0 Å². The molecule has 3 unspecified atom stereocenters. The number of aromatic hydroxyl groups is 1. The van der Waals surface area contributed by atoms with E-state index in [9.17, 15) is 33.0 Å². The number of methoxy groups -OCH3 is 1. The van der Waals surface area contributed by atoms with Crippen molar-refractivity contribution in [2.75, 3.05) is 7.11 Å². The summed E-state index contributed by atoms with van der Waals surface area (Å²) >= 11 is 5.80. The molecular formula is C19H16ClF3N2O5. The number of benzene rings is 2. The third-order valence-electron chi connectivity index (χ3n) is 4.78. The van der Waals surface area contributed by atoms with Crippen LogP contribution in [0.3, 0.4) is 0 Å². The highest BCUT2D eigenvalue weighted by molar-refractivity contribution is 6.30. The molecule has 1 aliphatic rings. The minimum absolute atomic E-state index is 0.00879. The van der Waals surface area contributed by atoms with Crippen LogP contribution in [-0.2, 0) is 10.5 Å². The predicted molar refractivity (Wildman–Crippen MR) is 99.0 cm³/mol. The van der Waals surface area contributed by atoms with Crippen LogP contribution in [0.2, 0.25) is 5.02 Å². The number of hydrogen-bond donors (Lipinski definition) is 4. The molecule has 1 aliphatic heterocycles. The number of ether oxygens (including phenoxy) is 1. The summed E-state index contributed by atoms with van der Waals surface area (Å²) in [7, 11) is 1.22. The Labute approximate surface area is 173 Å². The molecule has 2 amide bonds. The zero-order valence-electron chi connectivity index (χ0n) is 15.3. The van der Waals surface area contributed by atoms with Crippen LogP contribution in [0, 0.1) is 5.92 Å². The zero-order valence-corrected chi connectivity index (χ0v) is 16.1. The first-order valence-corrected chi connectivity index (χ1v) is 8.90. The van der Waals surface area contributed by atoms with Gasteiger partial charge in [-0.1, -0.05) is 29.8 Å². The number of carbonyl (C=O) groups is 2. The van der Waals surface area contributed by atoms with Gasteiger partial charge in [0.15, 0.2) is 17.2 Å². The van der Waals surface area contributed by atoms with Gasteiger partial charge in [-0.25, -0.2) is 4.79 Å². The number of hydrogen-bond acceptors (Lipinski definition) is 5. The summed E-state index contributed by atoms with van der Waals surface area (Å²) in [5, 5.41) is 25.5. The number of carbonyl (C=O) groups excluding carboxylic acids is 2. The van der Waals surface area contributed by atoms with Gasteiger partial charge in [-0.05, 0) is 29.8 Å². The summed E-state index contributed by atoms with van der Waals surface area (Å²) in [6, 6.07) is 5.95. The number of Topliss-reactive ketones (excluding diaryl/α,β-unsaturated/α-hetero) is 1. The maximum absolute atomic E-state index is 13.5. The summed E-state index contributed by atoms with van der Waals surface area (Å²) in [5.74, 6) is -4.85. The Morgan fingerprint density at radius 2 is 1.83 bits per heavy atom. The first kappa shape index (κ1) is 21.7. The van der Waals surface area contributed by atoms with Gasteiger partial charge < -0.3 is 25.6 Å². The third-order valence-corrected chi connectivity index (χ3v) is 5.04. The van der Waals surface area contributed by atoms with Crippen molar-refractivity contribution in [3.8, 4) is 11.5 Å². The molecular weight excluding hydrogens is 429 g/mol. The molecule has 3 atom stereocenters. The number of rotatable bonds is 4. The van der Waals surface area contributed by atoms with E-state index in [1.165, 1.54) is 43.5 Å². The van der Waals surface area contributed by atoms with Crippen LogP contribution in [0.4, 0.5) is 18.0 Å². The quantitative estimate of drug-likeness (QED) is 0.580. The van der Waals surface area contributed by atoms with E-state index in [4.69, 9.17) is 16.3 Å². The molecule has 4 N–H and O–H groups in total. The second kappa shape index (κ2) is 7.69. The number of ketones is 1. The lowest BCUT2D eigenvalue weighted by Crippen LogP contribution is -2.66. The Kier molecular flexibility index (Phi) is 5.57. The van der Waals surface area contributed by atoms with Gasteiger partial charge in [0, 0.05) is 10.6 Å². The van der Waals surface area contributed by atoms with Crippen molar-refractivity contribution in [2.24, 2.45) is 5.92 Å². The fourth-order valence-electron chi connectivity index (χ4n) is 3.39. The Morgan fingerprint density at radius 1 is 1.20 bits per heavy atom. The molecule has 0 aliphatic carbocycles. The van der Waals surface area contributed by atoms with E-state index in [1.807, 2.05) is 5.32 Å². The number of amides is 2. The normalized spacial score (nSPS) is 24.0. The van der Waals surface area contributed by atoms with Gasteiger partial charge in [0.2, 0.25) is 5.78 Å². The Hall–Kier alpha value is -2.98. The molecule has 0 radical (unpaired) electrons. The van der Waals surface area contributed by atoms with Crippen molar-refractivity contribution in [3.05, 3.63) is 58.6 Å². The fraction of sp³-hybridized carbons (Fsp3) is 0.263. The van der Waals surface area contributed by atoms with E-state index in [-0.39, 0.29) is 27.6 Å². The summed E-state index contributed by atoms with van der Waals surface area (Å²) in [4.78, 5) is 24.7. The lowest BCUT2D eigenvalue weighted by atomic mass is 9.76. The first-order chi connectivity index (χ1) is 14.0. The molecule has 160 valence electrons. The van der Waals surface area contributed by atoms with Crippen LogP contribution in [0.15, 0.2) is 42.5 Å². The number of urea groups is 1. The fourth-order valence-corrected chi connectivity index (χ4v) is 3.52. The number of nitrogens with one attached hydrogen (secondary N) is 2. The Balaban J connectivity index is 2.20. The van der Waals surface area contributed by atoms with Gasteiger partial charge in [-0.3, -0.25) is 4.79 Å². The van der Waals surface area contributed by atoms with Gasteiger partial charge in [-0.2, -0.15) is 13.2 Å². The molecule has 3 rings (SSSR count). The predicted octanol–water partition coefficient (Wildman–Crippen LogP) is 3.00. The van der Waals surface area contributed by atoms with Gasteiger partial charge in [-0.15, -0.1) is 0 Å². The molecule has 0 aromatic heterocycles. The number of halogens is 4. The van der Waals surface area contributed by atoms with Crippen LogP contribution in [-0.4, -0.2) is 35.3 Å². The minimum Gasteiger partial charge on any atom is -0.504 e. The second-order valence-corrected chi connectivity index (χ2v) is 7.06. The molecule has 0 saturated carbocycles. The van der Waals surface area contributed by atoms with Gasteiger partial charge in [0.1, 0.15) is 5.92 Å². The average Bonchev–Trinajstić information content (AvgIpc) is 2.67. The monoisotopic (exact) mass is 444 g/mol. The van der Waals surface area contributed by atoms with Crippen molar-refractivity contribution in [2.45, 2.75) is 17.9 Å². The molecule has 1 fully saturated rings. The Bertz CT molecular complexity index is 983. The molecule has 1 saturated heterocycles. The van der Waals surface area contributed by atoms with Crippen LogP contribution >= 0.6 is 11.6 Å². The summed E-state index contributed by atoms with van der Waals surface area (Å²) < 4.78 is 45.4. The number of aliphatic hydroxyl groups is 1. The standard InChI is InChI=1S/C19H16ClF3N2O5/c1-30-13-8-9(2-7-12(13)26)15-14(16(27)19(21,22)23)18(29,25-17(28)24-15)10-3-5-11(20)6-4-10/h2-8,14-15,26,29H,1H3,(H2,24,25,28). The van der Waals surface area contributed by atoms with Crippen molar-refractivity contribution in [3.63, 3.8) is 0 Å². The molecule has 30 heavy (non-hydrogen) atoms. The number of phenolic OH excluding ortho intramolecular Hbond substituents is 1.